The predicted octanol–water partition coefficient (Wildman–Crippen LogP) is -0.114. The molecule has 2 aliphatic heterocycles. The Morgan fingerprint density at radius 2 is 2.19 bits per heavy atom. The van der Waals surface area contributed by atoms with Crippen molar-refractivity contribution in [3.05, 3.63) is 12.2 Å². The Balaban J connectivity index is 1.57. The molecule has 1 aromatic heterocycles. The van der Waals surface area contributed by atoms with E-state index < -0.39 is 0 Å². The third-order valence-electron chi connectivity index (χ3n) is 4.35. The van der Waals surface area contributed by atoms with Gasteiger partial charge in [0.1, 0.15) is 12.2 Å². The van der Waals surface area contributed by atoms with E-state index in [2.05, 4.69) is 15.0 Å². The fourth-order valence-electron chi connectivity index (χ4n) is 3.11. The van der Waals surface area contributed by atoms with Crippen molar-refractivity contribution in [3.63, 3.8) is 0 Å². The van der Waals surface area contributed by atoms with E-state index >= 15 is 0 Å². The van der Waals surface area contributed by atoms with Crippen molar-refractivity contribution in [1.29, 1.82) is 0 Å². The molecular weight excluding hydrogens is 270 g/mol. The average Bonchev–Trinajstić information content (AvgIpc) is 2.93. The minimum Gasteiger partial charge on any atom is -0.378 e. The first-order valence-electron chi connectivity index (χ1n) is 7.66. The summed E-state index contributed by atoms with van der Waals surface area (Å²) in [7, 11) is 1.91. The van der Waals surface area contributed by atoms with Crippen LogP contribution in [0.2, 0.25) is 0 Å². The summed E-state index contributed by atoms with van der Waals surface area (Å²) in [5.74, 6) is 1.36. The van der Waals surface area contributed by atoms with Gasteiger partial charge in [-0.2, -0.15) is 5.10 Å². The molecule has 0 saturated carbocycles. The number of nitrogens with zero attached hydrogens (tertiary/aromatic N) is 5. The van der Waals surface area contributed by atoms with E-state index in [-0.39, 0.29) is 5.92 Å². The Labute approximate surface area is 124 Å². The van der Waals surface area contributed by atoms with Gasteiger partial charge in [-0.15, -0.1) is 0 Å². The highest BCUT2D eigenvalue weighted by Gasteiger charge is 2.30. The Morgan fingerprint density at radius 1 is 1.38 bits per heavy atom. The largest absolute Gasteiger partial charge is 0.378 e. The zero-order chi connectivity index (χ0) is 14.7. The van der Waals surface area contributed by atoms with Gasteiger partial charge in [0.05, 0.1) is 25.7 Å². The van der Waals surface area contributed by atoms with E-state index in [1.165, 1.54) is 0 Å². The first-order valence-corrected chi connectivity index (χ1v) is 7.66. The van der Waals surface area contributed by atoms with E-state index in [4.69, 9.17) is 4.74 Å². The van der Waals surface area contributed by atoms with Gasteiger partial charge in [0.15, 0.2) is 0 Å². The number of morpholine rings is 1. The number of likely N-dealkylation sites (tertiary alicyclic amines) is 1. The molecule has 1 aromatic rings. The molecule has 0 aliphatic carbocycles. The number of carbonyl (C=O) groups is 1. The molecule has 0 radical (unpaired) electrons. The molecule has 1 amide bonds. The van der Waals surface area contributed by atoms with Crippen molar-refractivity contribution in [2.75, 3.05) is 39.4 Å². The second-order valence-corrected chi connectivity index (χ2v) is 5.81. The van der Waals surface area contributed by atoms with Crippen LogP contribution in [0, 0.1) is 5.92 Å². The quantitative estimate of drug-likeness (QED) is 0.778. The minimum atomic E-state index is 0.116. The van der Waals surface area contributed by atoms with Crippen molar-refractivity contribution in [1.82, 2.24) is 24.6 Å². The van der Waals surface area contributed by atoms with E-state index in [0.29, 0.717) is 19.1 Å². The zero-order valence-corrected chi connectivity index (χ0v) is 12.6. The Bertz CT molecular complexity index is 483. The molecule has 21 heavy (non-hydrogen) atoms. The summed E-state index contributed by atoms with van der Waals surface area (Å²) < 4.78 is 7.12. The number of carbonyl (C=O) groups excluding carboxylic acids is 1. The maximum Gasteiger partial charge on any atom is 0.227 e. The van der Waals surface area contributed by atoms with Crippen molar-refractivity contribution in [3.8, 4) is 0 Å². The van der Waals surface area contributed by atoms with Crippen LogP contribution < -0.4 is 0 Å². The topological polar surface area (TPSA) is 63.5 Å². The summed E-state index contributed by atoms with van der Waals surface area (Å²) in [6, 6.07) is 0. The Kier molecular flexibility index (Phi) is 4.50. The number of hydrogen-bond acceptors (Lipinski definition) is 5. The predicted molar refractivity (Wildman–Crippen MR) is 76.4 cm³/mol. The van der Waals surface area contributed by atoms with Crippen LogP contribution in [0.25, 0.3) is 0 Å². The third-order valence-corrected chi connectivity index (χ3v) is 4.35. The molecule has 2 saturated heterocycles. The van der Waals surface area contributed by atoms with Crippen LogP contribution in [0.3, 0.4) is 0 Å². The van der Waals surface area contributed by atoms with Gasteiger partial charge in [0, 0.05) is 26.7 Å². The molecule has 2 fully saturated rings. The molecule has 2 aliphatic rings. The first-order chi connectivity index (χ1) is 10.2. The van der Waals surface area contributed by atoms with Crippen LogP contribution in [0.15, 0.2) is 6.33 Å². The first kappa shape index (κ1) is 14.5. The molecule has 7 nitrogen and oxygen atoms in total. The summed E-state index contributed by atoms with van der Waals surface area (Å²) in [6.07, 6.45) is 3.64. The molecule has 0 N–H and O–H groups in total. The SMILES string of the molecule is Cn1ncnc1CN1CCCC(C(=O)N2CCOCC2)C1. The number of hydrogen-bond donors (Lipinski definition) is 0. The molecule has 1 atom stereocenters. The molecule has 3 rings (SSSR count). The molecule has 0 bridgehead atoms. The van der Waals surface area contributed by atoms with Crippen LogP contribution in [-0.2, 0) is 23.1 Å². The summed E-state index contributed by atoms with van der Waals surface area (Å²) in [5, 5.41) is 4.10. The molecule has 1 unspecified atom stereocenters. The number of ether oxygens (including phenoxy) is 1. The standard InChI is InChI=1S/C14H23N5O2/c1-17-13(15-11-16-17)10-18-4-2-3-12(9-18)14(20)19-5-7-21-8-6-19/h11-12H,2-10H2,1H3. The normalized spacial score (nSPS) is 24.2. The molecule has 3 heterocycles. The summed E-state index contributed by atoms with van der Waals surface area (Å²) in [5.41, 5.74) is 0. The lowest BCUT2D eigenvalue weighted by Crippen LogP contribution is -2.48. The molecule has 7 heteroatoms. The highest BCUT2D eigenvalue weighted by Crippen LogP contribution is 2.20. The van der Waals surface area contributed by atoms with E-state index in [9.17, 15) is 4.79 Å². The fourth-order valence-corrected chi connectivity index (χ4v) is 3.11. The van der Waals surface area contributed by atoms with E-state index in [0.717, 1.165) is 51.4 Å². The number of piperidine rings is 1. The van der Waals surface area contributed by atoms with Crippen LogP contribution in [0.5, 0.6) is 0 Å². The lowest BCUT2D eigenvalue weighted by atomic mass is 9.96. The average molecular weight is 293 g/mol. The smallest absolute Gasteiger partial charge is 0.227 e. The second-order valence-electron chi connectivity index (χ2n) is 5.81. The van der Waals surface area contributed by atoms with Gasteiger partial charge in [0.25, 0.3) is 0 Å². The van der Waals surface area contributed by atoms with Gasteiger partial charge in [0.2, 0.25) is 5.91 Å². The zero-order valence-electron chi connectivity index (χ0n) is 12.6. The van der Waals surface area contributed by atoms with Gasteiger partial charge in [-0.3, -0.25) is 14.4 Å². The van der Waals surface area contributed by atoms with Gasteiger partial charge < -0.3 is 9.64 Å². The van der Waals surface area contributed by atoms with E-state index in [1.54, 1.807) is 11.0 Å². The maximum absolute atomic E-state index is 12.6. The van der Waals surface area contributed by atoms with Gasteiger partial charge >= 0.3 is 0 Å². The molecule has 0 aromatic carbocycles. The van der Waals surface area contributed by atoms with Gasteiger partial charge in [-0.05, 0) is 19.4 Å². The van der Waals surface area contributed by atoms with Crippen molar-refractivity contribution >= 4 is 5.91 Å². The van der Waals surface area contributed by atoms with Crippen LogP contribution >= 0.6 is 0 Å². The van der Waals surface area contributed by atoms with Crippen LogP contribution in [0.1, 0.15) is 18.7 Å². The number of aromatic nitrogens is 3. The maximum atomic E-state index is 12.6. The van der Waals surface area contributed by atoms with Crippen molar-refractivity contribution in [2.24, 2.45) is 13.0 Å². The number of amides is 1. The Hall–Kier alpha value is -1.47. The highest BCUT2D eigenvalue weighted by molar-refractivity contribution is 5.79. The van der Waals surface area contributed by atoms with Crippen LogP contribution in [0.4, 0.5) is 0 Å². The summed E-state index contributed by atoms with van der Waals surface area (Å²) in [6.45, 7) is 5.42. The molecule has 116 valence electrons. The summed E-state index contributed by atoms with van der Waals surface area (Å²) in [4.78, 5) is 21.1. The third kappa shape index (κ3) is 3.41. The minimum absolute atomic E-state index is 0.116. The number of aryl methyl sites for hydroxylation is 1. The molecular formula is C14H23N5O2. The van der Waals surface area contributed by atoms with Crippen molar-refractivity contribution < 1.29 is 9.53 Å². The lowest BCUT2D eigenvalue weighted by Gasteiger charge is -2.36. The lowest BCUT2D eigenvalue weighted by molar-refractivity contribution is -0.141. The van der Waals surface area contributed by atoms with Gasteiger partial charge in [-0.25, -0.2) is 4.98 Å². The molecule has 0 spiro atoms. The monoisotopic (exact) mass is 293 g/mol. The van der Waals surface area contributed by atoms with Gasteiger partial charge in [-0.1, -0.05) is 0 Å². The van der Waals surface area contributed by atoms with Crippen LogP contribution in [-0.4, -0.2) is 69.9 Å². The number of rotatable bonds is 3. The van der Waals surface area contributed by atoms with E-state index in [1.807, 2.05) is 11.9 Å². The highest BCUT2D eigenvalue weighted by atomic mass is 16.5. The van der Waals surface area contributed by atoms with Crippen molar-refractivity contribution in [2.45, 2.75) is 19.4 Å². The fraction of sp³-hybridized carbons (Fsp3) is 0.786. The Morgan fingerprint density at radius 3 is 2.90 bits per heavy atom. The summed E-state index contributed by atoms with van der Waals surface area (Å²) >= 11 is 0. The second kappa shape index (κ2) is 6.53.